The van der Waals surface area contributed by atoms with E-state index in [2.05, 4.69) is 25.8 Å². The molecule has 1 saturated heterocycles. The van der Waals surface area contributed by atoms with E-state index in [0.29, 0.717) is 5.56 Å². The van der Waals surface area contributed by atoms with E-state index in [4.69, 9.17) is 0 Å². The number of piperazine rings is 1. The molecule has 0 N–H and O–H groups in total. The molecule has 0 radical (unpaired) electrons. The van der Waals surface area contributed by atoms with E-state index in [9.17, 15) is 4.79 Å². The minimum absolute atomic E-state index is 0. The van der Waals surface area contributed by atoms with E-state index in [1.54, 1.807) is 0 Å². The second-order valence-electron chi connectivity index (χ2n) is 4.58. The smallest absolute Gasteiger partial charge is 0.337 e. The first-order chi connectivity index (χ1) is 8.08. The third kappa shape index (κ3) is 3.76. The van der Waals surface area contributed by atoms with Crippen molar-refractivity contribution in [2.24, 2.45) is 0 Å². The van der Waals surface area contributed by atoms with Crippen molar-refractivity contribution in [1.29, 1.82) is 0 Å². The van der Waals surface area contributed by atoms with Gasteiger partial charge in [0.1, 0.15) is 0 Å². The molecule has 1 heterocycles. The van der Waals surface area contributed by atoms with Gasteiger partial charge in [0.25, 0.3) is 0 Å². The van der Waals surface area contributed by atoms with Gasteiger partial charge in [-0.15, -0.1) is 6.07 Å². The number of amides is 1. The summed E-state index contributed by atoms with van der Waals surface area (Å²) in [4.78, 5) is 16.4. The number of nitrogens with zero attached hydrogens (tertiary/aromatic N) is 2. The Labute approximate surface area is 152 Å². The van der Waals surface area contributed by atoms with Crippen LogP contribution in [-0.2, 0) is 0 Å². The third-order valence-corrected chi connectivity index (χ3v) is 3.24. The summed E-state index contributed by atoms with van der Waals surface area (Å²) in [5.74, 6) is 0.100. The molecule has 18 heavy (non-hydrogen) atoms. The zero-order valence-corrected chi connectivity index (χ0v) is 14.4. The van der Waals surface area contributed by atoms with Crippen molar-refractivity contribution in [1.82, 2.24) is 9.80 Å². The van der Waals surface area contributed by atoms with Crippen LogP contribution in [0.3, 0.4) is 0 Å². The van der Waals surface area contributed by atoms with Gasteiger partial charge in [-0.25, -0.2) is 12.1 Å². The van der Waals surface area contributed by atoms with Crippen LogP contribution in [0.25, 0.3) is 0 Å². The van der Waals surface area contributed by atoms with Crippen molar-refractivity contribution >= 4 is 5.91 Å². The van der Waals surface area contributed by atoms with Crippen LogP contribution in [0.15, 0.2) is 18.2 Å². The molecule has 0 bridgehead atoms. The Hall–Kier alpha value is 0.0264. The molecule has 1 aliphatic heterocycles. The van der Waals surface area contributed by atoms with Gasteiger partial charge in [0, 0.05) is 26.2 Å². The first-order valence-electron chi connectivity index (χ1n) is 5.83. The Morgan fingerprint density at radius 3 is 2.28 bits per heavy atom. The first kappa shape index (κ1) is 16.1. The largest absolute Gasteiger partial charge is 1.00 e. The van der Waals surface area contributed by atoms with Gasteiger partial charge in [-0.1, -0.05) is 0 Å². The molecule has 0 aliphatic carbocycles. The summed E-state index contributed by atoms with van der Waals surface area (Å²) < 4.78 is 0. The summed E-state index contributed by atoms with van der Waals surface area (Å²) in [6, 6.07) is 5.51. The molecule has 1 aromatic carbocycles. The molecule has 4 heteroatoms. The summed E-state index contributed by atoms with van der Waals surface area (Å²) in [6.07, 6.45) is 0. The zero-order valence-electron chi connectivity index (χ0n) is 11.3. The number of benzene rings is 1. The number of likely N-dealkylation sites (N-methyl/N-ethyl adjacent to an activating group) is 1. The summed E-state index contributed by atoms with van der Waals surface area (Å²) in [6.45, 7) is 11.2. The molecule has 1 amide bonds. The summed E-state index contributed by atoms with van der Waals surface area (Å²) in [5, 5.41) is 0. The molecule has 92 valence electrons. The molecular weight excluding hydrogens is 251 g/mol. The van der Waals surface area contributed by atoms with Gasteiger partial charge in [-0.05, 0) is 12.6 Å². The molecule has 0 atom stereocenters. The monoisotopic (exact) mass is 269 g/mol. The fourth-order valence-corrected chi connectivity index (χ4v) is 1.95. The van der Waals surface area contributed by atoms with E-state index < -0.39 is 0 Å². The van der Waals surface area contributed by atoms with Crippen LogP contribution >= 0.6 is 0 Å². The second-order valence-corrected chi connectivity index (χ2v) is 4.58. The Bertz CT molecular complexity index is 426. The Morgan fingerprint density at radius 1 is 1.11 bits per heavy atom. The van der Waals surface area contributed by atoms with Gasteiger partial charge >= 0.3 is 51.4 Å². The summed E-state index contributed by atoms with van der Waals surface area (Å²) >= 11 is 0. The minimum Gasteiger partial charge on any atom is -0.337 e. The van der Waals surface area contributed by atoms with Gasteiger partial charge < -0.3 is 9.80 Å². The standard InChI is InChI=1S/C14H18N2O.K/c1-11-4-5-13(10-12(11)2)14(17)16-8-6-15(3)7-9-16;/h4-5,10H,1-2,6-9H2,3H3;/q-2;+1. The van der Waals surface area contributed by atoms with Gasteiger partial charge in [-0.2, -0.15) is 0 Å². The van der Waals surface area contributed by atoms with Gasteiger partial charge in [-0.3, -0.25) is 29.8 Å². The molecule has 1 fully saturated rings. The minimum atomic E-state index is 0. The van der Waals surface area contributed by atoms with E-state index in [-0.39, 0.29) is 57.3 Å². The molecule has 2 rings (SSSR count). The molecular formula is C14H18KN2O-. The van der Waals surface area contributed by atoms with Crippen LogP contribution in [0.5, 0.6) is 0 Å². The Morgan fingerprint density at radius 2 is 1.72 bits per heavy atom. The molecule has 0 unspecified atom stereocenters. The molecule has 1 aliphatic rings. The summed E-state index contributed by atoms with van der Waals surface area (Å²) in [7, 11) is 2.08. The van der Waals surface area contributed by atoms with Crippen LogP contribution in [0.1, 0.15) is 21.5 Å². The van der Waals surface area contributed by atoms with Crippen molar-refractivity contribution in [2.45, 2.75) is 0 Å². The van der Waals surface area contributed by atoms with Crippen molar-refractivity contribution < 1.29 is 56.2 Å². The second kappa shape index (κ2) is 6.98. The number of rotatable bonds is 1. The van der Waals surface area contributed by atoms with E-state index >= 15 is 0 Å². The van der Waals surface area contributed by atoms with Crippen LogP contribution < -0.4 is 51.4 Å². The Balaban J connectivity index is 0.00000162. The molecule has 0 aromatic heterocycles. The van der Waals surface area contributed by atoms with Crippen LogP contribution in [0, 0.1) is 13.8 Å². The maximum atomic E-state index is 12.2. The normalized spacial score (nSPS) is 16.2. The van der Waals surface area contributed by atoms with Crippen LogP contribution in [0.2, 0.25) is 0 Å². The average molecular weight is 269 g/mol. The maximum absolute atomic E-state index is 12.2. The fourth-order valence-electron chi connectivity index (χ4n) is 1.95. The van der Waals surface area contributed by atoms with E-state index in [0.717, 1.165) is 37.3 Å². The van der Waals surface area contributed by atoms with Gasteiger partial charge in [0.05, 0.1) is 0 Å². The van der Waals surface area contributed by atoms with Crippen molar-refractivity contribution in [3.8, 4) is 0 Å². The summed E-state index contributed by atoms with van der Waals surface area (Å²) in [5.41, 5.74) is 2.41. The predicted molar refractivity (Wildman–Crippen MR) is 68.8 cm³/mol. The Kier molecular flexibility index (Phi) is 6.24. The van der Waals surface area contributed by atoms with Gasteiger partial charge in [0.15, 0.2) is 0 Å². The molecule has 3 nitrogen and oxygen atoms in total. The number of hydrogen-bond acceptors (Lipinski definition) is 2. The van der Waals surface area contributed by atoms with Crippen molar-refractivity contribution in [2.75, 3.05) is 33.2 Å². The van der Waals surface area contributed by atoms with E-state index in [1.165, 1.54) is 0 Å². The van der Waals surface area contributed by atoms with Crippen molar-refractivity contribution in [3.05, 3.63) is 48.7 Å². The maximum Gasteiger partial charge on any atom is 1.00 e. The predicted octanol–water partition coefficient (Wildman–Crippen LogP) is -1.56. The molecule has 0 saturated carbocycles. The fraction of sp³-hybridized carbons (Fsp3) is 0.357. The quantitative estimate of drug-likeness (QED) is 0.455. The first-order valence-corrected chi connectivity index (χ1v) is 5.83. The average Bonchev–Trinajstić information content (AvgIpc) is 2.33. The van der Waals surface area contributed by atoms with Crippen LogP contribution in [-0.4, -0.2) is 48.9 Å². The van der Waals surface area contributed by atoms with Crippen molar-refractivity contribution in [3.63, 3.8) is 0 Å². The zero-order chi connectivity index (χ0) is 12.4. The SMILES string of the molecule is [CH2-]c1ccc(C(=O)N2CCN(C)CC2)cc1[CH2-].[K+]. The van der Waals surface area contributed by atoms with E-state index in [1.807, 2.05) is 23.1 Å². The number of carbonyl (C=O) groups excluding carboxylic acids is 1. The van der Waals surface area contributed by atoms with Gasteiger partial charge in [0.2, 0.25) is 5.91 Å². The molecule has 1 aromatic rings. The molecule has 0 spiro atoms. The third-order valence-electron chi connectivity index (χ3n) is 3.24. The number of hydrogen-bond donors (Lipinski definition) is 0. The number of carbonyl (C=O) groups is 1. The van der Waals surface area contributed by atoms with Crippen LogP contribution in [0.4, 0.5) is 0 Å². The topological polar surface area (TPSA) is 23.6 Å².